The molecule has 0 atom stereocenters. The van der Waals surface area contributed by atoms with E-state index >= 15 is 0 Å². The molecule has 0 aromatic heterocycles. The third-order valence-electron chi connectivity index (χ3n) is 0.432. The van der Waals surface area contributed by atoms with Crippen LogP contribution >= 0.6 is 22.6 Å². The van der Waals surface area contributed by atoms with Gasteiger partial charge in [-0.05, 0) is 22.6 Å². The van der Waals surface area contributed by atoms with Crippen LogP contribution in [0.15, 0.2) is 10.2 Å². The molecular formula is C5H7IO2. The maximum absolute atomic E-state index is 10.1. The molecular weight excluding hydrogens is 219 g/mol. The smallest absolute Gasteiger partial charge is 0.302 e. The van der Waals surface area contributed by atoms with Crippen LogP contribution in [0.25, 0.3) is 0 Å². The molecule has 0 aromatic carbocycles. The third kappa shape index (κ3) is 5.94. The average Bonchev–Trinajstić information content (AvgIpc) is 1.61. The maximum Gasteiger partial charge on any atom is 0.302 e. The van der Waals surface area contributed by atoms with Crippen LogP contribution in [-0.4, -0.2) is 12.6 Å². The Labute approximate surface area is 62.0 Å². The number of hydrogen-bond acceptors (Lipinski definition) is 2. The Balaban J connectivity index is 3.18. The SMILES string of the molecule is C=C(I)COC(C)=O. The predicted molar refractivity (Wildman–Crippen MR) is 39.8 cm³/mol. The molecule has 0 fully saturated rings. The molecule has 2 nitrogen and oxygen atoms in total. The van der Waals surface area contributed by atoms with Crippen LogP contribution in [0.1, 0.15) is 6.92 Å². The molecule has 46 valence electrons. The molecule has 0 heterocycles. The summed E-state index contributed by atoms with van der Waals surface area (Å²) in [7, 11) is 0. The van der Waals surface area contributed by atoms with Crippen molar-refractivity contribution in [2.75, 3.05) is 6.61 Å². The van der Waals surface area contributed by atoms with Crippen molar-refractivity contribution in [1.29, 1.82) is 0 Å². The van der Waals surface area contributed by atoms with E-state index in [0.29, 0.717) is 6.61 Å². The normalized spacial score (nSPS) is 8.25. The van der Waals surface area contributed by atoms with Crippen molar-refractivity contribution in [3.05, 3.63) is 10.2 Å². The first-order chi connectivity index (χ1) is 3.63. The van der Waals surface area contributed by atoms with Gasteiger partial charge in [0.15, 0.2) is 0 Å². The summed E-state index contributed by atoms with van der Waals surface area (Å²) in [4.78, 5) is 10.1. The second kappa shape index (κ2) is 3.88. The van der Waals surface area contributed by atoms with E-state index in [1.54, 1.807) is 0 Å². The van der Waals surface area contributed by atoms with Crippen molar-refractivity contribution in [2.45, 2.75) is 6.92 Å². The van der Waals surface area contributed by atoms with Crippen molar-refractivity contribution in [3.63, 3.8) is 0 Å². The predicted octanol–water partition coefficient (Wildman–Crippen LogP) is 1.50. The first-order valence-corrected chi connectivity index (χ1v) is 3.17. The maximum atomic E-state index is 10.1. The molecule has 0 saturated heterocycles. The molecule has 0 unspecified atom stereocenters. The molecule has 0 bridgehead atoms. The van der Waals surface area contributed by atoms with E-state index in [1.165, 1.54) is 6.92 Å². The van der Waals surface area contributed by atoms with E-state index in [-0.39, 0.29) is 5.97 Å². The minimum Gasteiger partial charge on any atom is -0.461 e. The highest BCUT2D eigenvalue weighted by Crippen LogP contribution is 2.00. The number of rotatable bonds is 2. The summed E-state index contributed by atoms with van der Waals surface area (Å²) in [6.45, 7) is 5.24. The van der Waals surface area contributed by atoms with Crippen LogP contribution in [0.5, 0.6) is 0 Å². The first kappa shape index (κ1) is 7.94. The number of esters is 1. The Kier molecular flexibility index (Phi) is 3.85. The van der Waals surface area contributed by atoms with Crippen LogP contribution < -0.4 is 0 Å². The molecule has 0 spiro atoms. The van der Waals surface area contributed by atoms with Crippen LogP contribution in [0.4, 0.5) is 0 Å². The molecule has 0 N–H and O–H groups in total. The summed E-state index contributed by atoms with van der Waals surface area (Å²) >= 11 is 2.00. The minimum absolute atomic E-state index is 0.261. The van der Waals surface area contributed by atoms with Gasteiger partial charge in [0.1, 0.15) is 6.61 Å². The standard InChI is InChI=1S/C5H7IO2/c1-4(6)3-8-5(2)7/h1,3H2,2H3. The van der Waals surface area contributed by atoms with Gasteiger partial charge in [-0.3, -0.25) is 4.79 Å². The quantitative estimate of drug-likeness (QED) is 0.526. The zero-order valence-electron chi connectivity index (χ0n) is 4.61. The highest BCUT2D eigenvalue weighted by molar-refractivity contribution is 14.1. The number of carbonyl (C=O) groups excluding carboxylic acids is 1. The van der Waals surface area contributed by atoms with Crippen molar-refractivity contribution in [2.24, 2.45) is 0 Å². The fraction of sp³-hybridized carbons (Fsp3) is 0.400. The Morgan fingerprint density at radius 3 is 2.50 bits per heavy atom. The van der Waals surface area contributed by atoms with Crippen LogP contribution in [0, 0.1) is 0 Å². The van der Waals surface area contributed by atoms with Crippen LogP contribution in [-0.2, 0) is 9.53 Å². The molecule has 0 saturated carbocycles. The van der Waals surface area contributed by atoms with E-state index in [9.17, 15) is 4.79 Å². The summed E-state index contributed by atoms with van der Waals surface area (Å²) in [6.07, 6.45) is 0. The highest BCUT2D eigenvalue weighted by Gasteiger charge is 1.90. The fourth-order valence-corrected chi connectivity index (χ4v) is 0.336. The van der Waals surface area contributed by atoms with Gasteiger partial charge in [0.05, 0.1) is 0 Å². The van der Waals surface area contributed by atoms with E-state index in [4.69, 9.17) is 0 Å². The molecule has 0 aliphatic heterocycles. The van der Waals surface area contributed by atoms with Gasteiger partial charge in [-0.25, -0.2) is 0 Å². The second-order valence-corrected chi connectivity index (χ2v) is 2.82. The number of halogens is 1. The largest absolute Gasteiger partial charge is 0.461 e. The monoisotopic (exact) mass is 226 g/mol. The van der Waals surface area contributed by atoms with Gasteiger partial charge in [0.25, 0.3) is 0 Å². The lowest BCUT2D eigenvalue weighted by molar-refractivity contribution is -0.139. The lowest BCUT2D eigenvalue weighted by Crippen LogP contribution is -1.98. The van der Waals surface area contributed by atoms with Gasteiger partial charge in [-0.15, -0.1) is 0 Å². The summed E-state index contributed by atoms with van der Waals surface area (Å²) in [5.74, 6) is -0.261. The van der Waals surface area contributed by atoms with Crippen LogP contribution in [0.3, 0.4) is 0 Å². The van der Waals surface area contributed by atoms with Crippen molar-refractivity contribution in [1.82, 2.24) is 0 Å². The Morgan fingerprint density at radius 1 is 1.88 bits per heavy atom. The van der Waals surface area contributed by atoms with Gasteiger partial charge in [-0.1, -0.05) is 6.58 Å². The van der Waals surface area contributed by atoms with E-state index in [1.807, 2.05) is 22.6 Å². The van der Waals surface area contributed by atoms with Crippen molar-refractivity contribution in [3.8, 4) is 0 Å². The zero-order chi connectivity index (χ0) is 6.57. The number of hydrogen-bond donors (Lipinski definition) is 0. The van der Waals surface area contributed by atoms with Crippen molar-refractivity contribution >= 4 is 28.6 Å². The first-order valence-electron chi connectivity index (χ1n) is 2.09. The molecule has 0 amide bonds. The van der Waals surface area contributed by atoms with Gasteiger partial charge >= 0.3 is 5.97 Å². The van der Waals surface area contributed by atoms with Gasteiger partial charge in [0, 0.05) is 10.5 Å². The molecule has 0 rings (SSSR count). The van der Waals surface area contributed by atoms with E-state index in [2.05, 4.69) is 11.3 Å². The zero-order valence-corrected chi connectivity index (χ0v) is 6.77. The van der Waals surface area contributed by atoms with Gasteiger partial charge in [0.2, 0.25) is 0 Å². The molecule has 3 heteroatoms. The van der Waals surface area contributed by atoms with E-state index in [0.717, 1.165) is 3.58 Å². The van der Waals surface area contributed by atoms with E-state index < -0.39 is 0 Å². The Hall–Kier alpha value is -0.0600. The lowest BCUT2D eigenvalue weighted by atomic mass is 10.7. The summed E-state index contributed by atoms with van der Waals surface area (Å²) in [5, 5.41) is 0. The summed E-state index contributed by atoms with van der Waals surface area (Å²) in [6, 6.07) is 0. The third-order valence-corrected chi connectivity index (χ3v) is 0.743. The molecule has 0 aliphatic carbocycles. The van der Waals surface area contributed by atoms with Gasteiger partial charge < -0.3 is 4.74 Å². The summed E-state index contributed by atoms with van der Waals surface area (Å²) in [5.41, 5.74) is 0. The minimum atomic E-state index is -0.261. The Bertz CT molecular complexity index is 95.0. The second-order valence-electron chi connectivity index (χ2n) is 1.30. The summed E-state index contributed by atoms with van der Waals surface area (Å²) < 4.78 is 5.39. The molecule has 8 heavy (non-hydrogen) atoms. The Morgan fingerprint density at radius 2 is 2.38 bits per heavy atom. The topological polar surface area (TPSA) is 26.3 Å². The number of carbonyl (C=O) groups is 1. The lowest BCUT2D eigenvalue weighted by Gasteiger charge is -1.95. The van der Waals surface area contributed by atoms with Crippen LogP contribution in [0.2, 0.25) is 0 Å². The molecule has 0 aromatic rings. The molecule has 0 aliphatic rings. The van der Waals surface area contributed by atoms with Gasteiger partial charge in [-0.2, -0.15) is 0 Å². The highest BCUT2D eigenvalue weighted by atomic mass is 127. The average molecular weight is 226 g/mol. The number of ether oxygens (including phenoxy) is 1. The molecule has 0 radical (unpaired) electrons. The fourth-order valence-electron chi connectivity index (χ4n) is 0.180. The van der Waals surface area contributed by atoms with Crippen molar-refractivity contribution < 1.29 is 9.53 Å².